The van der Waals surface area contributed by atoms with E-state index >= 15 is 0 Å². The van der Waals surface area contributed by atoms with E-state index in [0.29, 0.717) is 0 Å². The molecular formula is C17H28N4O. The molecule has 0 aromatic carbocycles. The number of likely N-dealkylation sites (tertiary alicyclic amines) is 1. The van der Waals surface area contributed by atoms with E-state index in [9.17, 15) is 0 Å². The van der Waals surface area contributed by atoms with Gasteiger partial charge < -0.3 is 14.5 Å². The monoisotopic (exact) mass is 304 g/mol. The molecule has 0 bridgehead atoms. The van der Waals surface area contributed by atoms with Gasteiger partial charge in [0.1, 0.15) is 12.1 Å². The van der Waals surface area contributed by atoms with E-state index in [1.807, 2.05) is 0 Å². The minimum absolute atomic E-state index is 0.0736. The molecule has 2 unspecified atom stereocenters. The van der Waals surface area contributed by atoms with Gasteiger partial charge in [-0.25, -0.2) is 9.97 Å². The van der Waals surface area contributed by atoms with Gasteiger partial charge in [0.15, 0.2) is 0 Å². The zero-order chi connectivity index (χ0) is 15.7. The van der Waals surface area contributed by atoms with Crippen molar-refractivity contribution in [2.45, 2.75) is 26.2 Å². The van der Waals surface area contributed by atoms with Crippen molar-refractivity contribution in [3.63, 3.8) is 0 Å². The topological polar surface area (TPSA) is 41.5 Å². The van der Waals surface area contributed by atoms with Gasteiger partial charge in [-0.05, 0) is 11.8 Å². The van der Waals surface area contributed by atoms with Crippen molar-refractivity contribution in [3.8, 4) is 0 Å². The van der Waals surface area contributed by atoms with E-state index < -0.39 is 0 Å². The fourth-order valence-electron chi connectivity index (χ4n) is 3.61. The molecule has 2 atom stereocenters. The predicted octanol–water partition coefficient (Wildman–Crippen LogP) is 1.79. The average molecular weight is 304 g/mol. The molecule has 5 heteroatoms. The van der Waals surface area contributed by atoms with Crippen LogP contribution in [0.5, 0.6) is 0 Å². The highest BCUT2D eigenvalue weighted by Gasteiger charge is 2.40. The summed E-state index contributed by atoms with van der Waals surface area (Å²) in [4.78, 5) is 13.9. The lowest BCUT2D eigenvalue weighted by atomic mass is 9.92. The molecule has 0 amide bonds. The highest BCUT2D eigenvalue weighted by Crippen LogP contribution is 2.33. The Balaban J connectivity index is 1.63. The summed E-state index contributed by atoms with van der Waals surface area (Å²) in [6, 6.07) is 2.17. The average Bonchev–Trinajstić information content (AvgIpc) is 3.02. The third-order valence-electron chi connectivity index (χ3n) is 4.92. The van der Waals surface area contributed by atoms with E-state index in [1.54, 1.807) is 13.4 Å². The minimum atomic E-state index is 0.0736. The minimum Gasteiger partial charge on any atom is -0.383 e. The second-order valence-corrected chi connectivity index (χ2v) is 7.69. The summed E-state index contributed by atoms with van der Waals surface area (Å²) in [5, 5.41) is 0. The molecule has 3 rings (SSSR count). The second-order valence-electron chi connectivity index (χ2n) is 7.69. The van der Waals surface area contributed by atoms with Crippen molar-refractivity contribution in [1.29, 1.82) is 0 Å². The number of rotatable bonds is 4. The van der Waals surface area contributed by atoms with Crippen LogP contribution in [0.1, 0.15) is 26.5 Å². The van der Waals surface area contributed by atoms with Crippen LogP contribution in [0, 0.1) is 11.8 Å². The van der Waals surface area contributed by atoms with Crippen molar-refractivity contribution in [2.75, 3.05) is 51.3 Å². The van der Waals surface area contributed by atoms with Gasteiger partial charge in [0.2, 0.25) is 0 Å². The van der Waals surface area contributed by atoms with Crippen LogP contribution < -0.4 is 4.90 Å². The van der Waals surface area contributed by atoms with Crippen LogP contribution in [0.15, 0.2) is 12.4 Å². The summed E-state index contributed by atoms with van der Waals surface area (Å²) in [5.74, 6) is 2.63. The van der Waals surface area contributed by atoms with E-state index in [1.165, 1.54) is 13.1 Å². The molecule has 0 spiro atoms. The molecule has 2 aliphatic rings. The number of nitrogens with zero attached hydrogens (tertiary/aromatic N) is 4. The number of hydrogen-bond donors (Lipinski definition) is 0. The highest BCUT2D eigenvalue weighted by molar-refractivity contribution is 5.42. The number of methoxy groups -OCH3 is 1. The molecule has 0 saturated carbocycles. The van der Waals surface area contributed by atoms with Crippen LogP contribution in [0.2, 0.25) is 0 Å². The van der Waals surface area contributed by atoms with Crippen LogP contribution in [0.4, 0.5) is 5.82 Å². The summed E-state index contributed by atoms with van der Waals surface area (Å²) < 4.78 is 5.19. The Morgan fingerprint density at radius 3 is 2.41 bits per heavy atom. The van der Waals surface area contributed by atoms with Crippen molar-refractivity contribution in [2.24, 2.45) is 11.8 Å². The Morgan fingerprint density at radius 2 is 1.82 bits per heavy atom. The third-order valence-corrected chi connectivity index (χ3v) is 4.92. The Morgan fingerprint density at radius 1 is 1.14 bits per heavy atom. The van der Waals surface area contributed by atoms with E-state index in [4.69, 9.17) is 4.74 Å². The van der Waals surface area contributed by atoms with Crippen molar-refractivity contribution >= 4 is 5.82 Å². The maximum Gasteiger partial charge on any atom is 0.132 e. The van der Waals surface area contributed by atoms with Gasteiger partial charge in [0, 0.05) is 51.3 Å². The van der Waals surface area contributed by atoms with Gasteiger partial charge in [-0.1, -0.05) is 20.8 Å². The highest BCUT2D eigenvalue weighted by atomic mass is 16.5. The normalized spacial score (nSPS) is 25.7. The van der Waals surface area contributed by atoms with Crippen LogP contribution in [-0.2, 0) is 10.2 Å². The van der Waals surface area contributed by atoms with Crippen molar-refractivity contribution in [3.05, 3.63) is 18.1 Å². The predicted molar refractivity (Wildman–Crippen MR) is 88.2 cm³/mol. The fourth-order valence-corrected chi connectivity index (χ4v) is 3.61. The summed E-state index contributed by atoms with van der Waals surface area (Å²) in [5.41, 5.74) is 1.20. The molecule has 22 heavy (non-hydrogen) atoms. The van der Waals surface area contributed by atoms with E-state index in [-0.39, 0.29) is 5.41 Å². The van der Waals surface area contributed by atoms with Gasteiger partial charge in [-0.15, -0.1) is 0 Å². The summed E-state index contributed by atoms with van der Waals surface area (Å²) in [6.07, 6.45) is 1.72. The molecule has 2 saturated heterocycles. The first kappa shape index (κ1) is 15.7. The van der Waals surface area contributed by atoms with Gasteiger partial charge in [0.25, 0.3) is 0 Å². The maximum absolute atomic E-state index is 5.19. The van der Waals surface area contributed by atoms with E-state index in [0.717, 1.165) is 49.6 Å². The zero-order valence-electron chi connectivity index (χ0n) is 14.2. The number of aromatic nitrogens is 2. The molecule has 0 aliphatic carbocycles. The van der Waals surface area contributed by atoms with E-state index in [2.05, 4.69) is 46.6 Å². The molecular weight excluding hydrogens is 276 g/mol. The molecule has 1 aromatic heterocycles. The molecule has 0 N–H and O–H groups in total. The van der Waals surface area contributed by atoms with Crippen LogP contribution in [0.25, 0.3) is 0 Å². The van der Waals surface area contributed by atoms with Crippen LogP contribution in [-0.4, -0.2) is 61.3 Å². The van der Waals surface area contributed by atoms with Crippen molar-refractivity contribution < 1.29 is 4.74 Å². The molecule has 5 nitrogen and oxygen atoms in total. The lowest BCUT2D eigenvalue weighted by Crippen LogP contribution is -2.31. The summed E-state index contributed by atoms with van der Waals surface area (Å²) in [7, 11) is 1.78. The summed E-state index contributed by atoms with van der Waals surface area (Å²) >= 11 is 0. The number of hydrogen-bond acceptors (Lipinski definition) is 5. The number of fused-ring (bicyclic) bond motifs is 1. The van der Waals surface area contributed by atoms with Gasteiger partial charge >= 0.3 is 0 Å². The lowest BCUT2D eigenvalue weighted by molar-refractivity contribution is 0.157. The van der Waals surface area contributed by atoms with Gasteiger partial charge in [-0.2, -0.15) is 0 Å². The Labute approximate surface area is 133 Å². The number of ether oxygens (including phenoxy) is 1. The zero-order valence-corrected chi connectivity index (χ0v) is 14.2. The first-order valence-electron chi connectivity index (χ1n) is 8.26. The standard InChI is InChI=1S/C17H28N4O/c1-17(2,3)15-7-16(19-12-18-15)21-10-13-8-20(5-6-22-4)9-14(13)11-21/h7,12-14H,5-6,8-11H2,1-4H3. The molecule has 3 heterocycles. The molecule has 0 radical (unpaired) electrons. The van der Waals surface area contributed by atoms with Gasteiger partial charge in [0.05, 0.1) is 12.3 Å². The lowest BCUT2D eigenvalue weighted by Gasteiger charge is -2.24. The quantitative estimate of drug-likeness (QED) is 0.848. The Kier molecular flexibility index (Phi) is 4.37. The Bertz CT molecular complexity index is 500. The summed E-state index contributed by atoms with van der Waals surface area (Å²) in [6.45, 7) is 13.1. The smallest absolute Gasteiger partial charge is 0.132 e. The first-order chi connectivity index (χ1) is 10.5. The third kappa shape index (κ3) is 3.25. The number of anilines is 1. The van der Waals surface area contributed by atoms with Crippen molar-refractivity contribution in [1.82, 2.24) is 14.9 Å². The maximum atomic E-state index is 5.19. The van der Waals surface area contributed by atoms with Crippen LogP contribution in [0.3, 0.4) is 0 Å². The first-order valence-corrected chi connectivity index (χ1v) is 8.26. The molecule has 122 valence electrons. The molecule has 2 aliphatic heterocycles. The molecule has 1 aromatic rings. The second kappa shape index (κ2) is 6.13. The van der Waals surface area contributed by atoms with Gasteiger partial charge in [-0.3, -0.25) is 0 Å². The fraction of sp³-hybridized carbons (Fsp3) is 0.765. The SMILES string of the molecule is COCCN1CC2CN(c3cc(C(C)(C)C)ncn3)CC2C1. The largest absolute Gasteiger partial charge is 0.383 e. The van der Waals surface area contributed by atoms with Crippen LogP contribution >= 0.6 is 0 Å². The molecule has 2 fully saturated rings. The Hall–Kier alpha value is -1.20.